The van der Waals surface area contributed by atoms with E-state index in [1.165, 1.54) is 0 Å². The SMILES string of the molecule is CCOC(=O)C1CCCN(C(=O)C2(C)CCCNC2)C1. The molecule has 2 rings (SSSR count). The number of carbonyl (C=O) groups excluding carboxylic acids is 2. The number of amides is 1. The second kappa shape index (κ2) is 6.57. The van der Waals surface area contributed by atoms with E-state index in [4.69, 9.17) is 4.74 Å². The Bertz CT molecular complexity index is 364. The van der Waals surface area contributed by atoms with Crippen molar-refractivity contribution in [2.45, 2.75) is 39.5 Å². The lowest BCUT2D eigenvalue weighted by Crippen LogP contribution is -2.53. The summed E-state index contributed by atoms with van der Waals surface area (Å²) >= 11 is 0. The second-order valence-corrected chi connectivity index (χ2v) is 6.18. The fraction of sp³-hybridized carbons (Fsp3) is 0.867. The standard InChI is InChI=1S/C15H26N2O3/c1-3-20-13(18)12-6-4-9-17(10-12)14(19)15(2)7-5-8-16-11-15/h12,16H,3-11H2,1-2H3. The van der Waals surface area contributed by atoms with E-state index in [-0.39, 0.29) is 23.2 Å². The second-order valence-electron chi connectivity index (χ2n) is 6.18. The fourth-order valence-corrected chi connectivity index (χ4v) is 3.23. The average Bonchev–Trinajstić information content (AvgIpc) is 2.47. The van der Waals surface area contributed by atoms with Crippen LogP contribution in [0.2, 0.25) is 0 Å². The average molecular weight is 282 g/mol. The molecule has 2 aliphatic rings. The summed E-state index contributed by atoms with van der Waals surface area (Å²) in [7, 11) is 0. The van der Waals surface area contributed by atoms with Crippen molar-refractivity contribution in [3.8, 4) is 0 Å². The zero-order chi connectivity index (χ0) is 14.6. The van der Waals surface area contributed by atoms with Crippen molar-refractivity contribution in [3.63, 3.8) is 0 Å². The summed E-state index contributed by atoms with van der Waals surface area (Å²) in [4.78, 5) is 26.5. The van der Waals surface area contributed by atoms with Gasteiger partial charge in [-0.15, -0.1) is 0 Å². The molecular weight excluding hydrogens is 256 g/mol. The first kappa shape index (κ1) is 15.3. The third-order valence-electron chi connectivity index (χ3n) is 4.44. The van der Waals surface area contributed by atoms with E-state index in [2.05, 4.69) is 5.32 Å². The van der Waals surface area contributed by atoms with Crippen LogP contribution in [0.25, 0.3) is 0 Å². The molecule has 5 heteroatoms. The van der Waals surface area contributed by atoms with E-state index in [1.807, 2.05) is 18.7 Å². The number of rotatable bonds is 3. The number of hydrogen-bond donors (Lipinski definition) is 1. The van der Waals surface area contributed by atoms with Crippen LogP contribution < -0.4 is 5.32 Å². The molecule has 2 saturated heterocycles. The molecule has 114 valence electrons. The summed E-state index contributed by atoms with van der Waals surface area (Å²) < 4.78 is 5.09. The molecule has 1 N–H and O–H groups in total. The van der Waals surface area contributed by atoms with Crippen molar-refractivity contribution in [2.75, 3.05) is 32.8 Å². The molecule has 5 nitrogen and oxygen atoms in total. The van der Waals surface area contributed by atoms with Gasteiger partial charge in [0.25, 0.3) is 0 Å². The van der Waals surface area contributed by atoms with Crippen molar-refractivity contribution in [2.24, 2.45) is 11.3 Å². The molecule has 0 saturated carbocycles. The quantitative estimate of drug-likeness (QED) is 0.790. The molecule has 2 heterocycles. The molecule has 2 aliphatic heterocycles. The van der Waals surface area contributed by atoms with Crippen LogP contribution in [0.3, 0.4) is 0 Å². The van der Waals surface area contributed by atoms with E-state index in [9.17, 15) is 9.59 Å². The molecule has 0 aromatic heterocycles. The van der Waals surface area contributed by atoms with Gasteiger partial charge < -0.3 is 15.0 Å². The van der Waals surface area contributed by atoms with Crippen LogP contribution in [-0.2, 0) is 14.3 Å². The number of ether oxygens (including phenoxy) is 1. The van der Waals surface area contributed by atoms with Crippen molar-refractivity contribution in [1.29, 1.82) is 0 Å². The number of nitrogens with zero attached hydrogens (tertiary/aromatic N) is 1. The third-order valence-corrected chi connectivity index (χ3v) is 4.44. The predicted molar refractivity (Wildman–Crippen MR) is 76.1 cm³/mol. The third kappa shape index (κ3) is 3.32. The van der Waals surface area contributed by atoms with Gasteiger partial charge >= 0.3 is 5.97 Å². The summed E-state index contributed by atoms with van der Waals surface area (Å²) in [5.41, 5.74) is -0.311. The van der Waals surface area contributed by atoms with Crippen LogP contribution in [0.15, 0.2) is 0 Å². The highest BCUT2D eigenvalue weighted by atomic mass is 16.5. The maximum Gasteiger partial charge on any atom is 0.310 e. The van der Waals surface area contributed by atoms with Crippen molar-refractivity contribution in [3.05, 3.63) is 0 Å². The zero-order valence-electron chi connectivity index (χ0n) is 12.6. The molecule has 0 radical (unpaired) electrons. The highest BCUT2D eigenvalue weighted by Gasteiger charge is 2.40. The van der Waals surface area contributed by atoms with Gasteiger partial charge in [0.05, 0.1) is 17.9 Å². The molecule has 2 fully saturated rings. The number of carbonyl (C=O) groups is 2. The minimum absolute atomic E-state index is 0.146. The lowest BCUT2D eigenvalue weighted by Gasteiger charge is -2.40. The van der Waals surface area contributed by atoms with Crippen molar-refractivity contribution < 1.29 is 14.3 Å². The normalized spacial score (nSPS) is 30.9. The lowest BCUT2D eigenvalue weighted by atomic mass is 9.80. The van der Waals surface area contributed by atoms with Gasteiger partial charge in [0, 0.05) is 19.6 Å². The van der Waals surface area contributed by atoms with Gasteiger partial charge in [0.1, 0.15) is 0 Å². The number of hydrogen-bond acceptors (Lipinski definition) is 4. The number of esters is 1. The van der Waals surface area contributed by atoms with E-state index in [1.54, 1.807) is 0 Å². The van der Waals surface area contributed by atoms with E-state index in [0.717, 1.165) is 45.3 Å². The first-order valence-corrected chi connectivity index (χ1v) is 7.73. The molecule has 1 amide bonds. The highest BCUT2D eigenvalue weighted by Crippen LogP contribution is 2.30. The Morgan fingerprint density at radius 3 is 2.85 bits per heavy atom. The summed E-state index contributed by atoms with van der Waals surface area (Å²) in [6.45, 7) is 7.29. The summed E-state index contributed by atoms with van der Waals surface area (Å²) in [6, 6.07) is 0. The number of likely N-dealkylation sites (tertiary alicyclic amines) is 1. The molecular formula is C15H26N2O3. The molecule has 0 aromatic carbocycles. The van der Waals surface area contributed by atoms with Crippen LogP contribution in [-0.4, -0.2) is 49.6 Å². The minimum atomic E-state index is -0.311. The van der Waals surface area contributed by atoms with Gasteiger partial charge in [0.2, 0.25) is 5.91 Å². The Labute approximate surface area is 121 Å². The van der Waals surface area contributed by atoms with Crippen molar-refractivity contribution >= 4 is 11.9 Å². The van der Waals surface area contributed by atoms with Gasteiger partial charge in [-0.1, -0.05) is 0 Å². The van der Waals surface area contributed by atoms with Gasteiger partial charge in [-0.25, -0.2) is 0 Å². The molecule has 0 spiro atoms. The van der Waals surface area contributed by atoms with Crippen LogP contribution in [0, 0.1) is 11.3 Å². The molecule has 2 unspecified atom stereocenters. The Balaban J connectivity index is 1.97. The first-order valence-electron chi connectivity index (χ1n) is 7.73. The van der Waals surface area contributed by atoms with E-state index in [0.29, 0.717) is 13.2 Å². The molecule has 0 bridgehead atoms. The minimum Gasteiger partial charge on any atom is -0.466 e. The highest BCUT2D eigenvalue weighted by molar-refractivity contribution is 5.83. The van der Waals surface area contributed by atoms with Gasteiger partial charge in [-0.05, 0) is 46.1 Å². The predicted octanol–water partition coefficient (Wildman–Crippen LogP) is 1.18. The molecule has 0 aromatic rings. The topological polar surface area (TPSA) is 58.6 Å². The fourth-order valence-electron chi connectivity index (χ4n) is 3.23. The Morgan fingerprint density at radius 2 is 2.20 bits per heavy atom. The Hall–Kier alpha value is -1.10. The zero-order valence-corrected chi connectivity index (χ0v) is 12.6. The first-order chi connectivity index (χ1) is 9.57. The van der Waals surface area contributed by atoms with Gasteiger partial charge in [0.15, 0.2) is 0 Å². The summed E-state index contributed by atoms with van der Waals surface area (Å²) in [5, 5.41) is 3.31. The molecule has 20 heavy (non-hydrogen) atoms. The van der Waals surface area contributed by atoms with Gasteiger partial charge in [-0.2, -0.15) is 0 Å². The van der Waals surface area contributed by atoms with Crippen LogP contribution in [0.5, 0.6) is 0 Å². The monoisotopic (exact) mass is 282 g/mol. The van der Waals surface area contributed by atoms with Gasteiger partial charge in [-0.3, -0.25) is 9.59 Å². The van der Waals surface area contributed by atoms with E-state index < -0.39 is 0 Å². The van der Waals surface area contributed by atoms with E-state index >= 15 is 0 Å². The largest absolute Gasteiger partial charge is 0.466 e. The lowest BCUT2D eigenvalue weighted by molar-refractivity contribution is -0.153. The number of nitrogens with one attached hydrogen (secondary N) is 1. The Kier molecular flexibility index (Phi) is 5.02. The smallest absolute Gasteiger partial charge is 0.310 e. The van der Waals surface area contributed by atoms with Crippen LogP contribution in [0.1, 0.15) is 39.5 Å². The molecule has 2 atom stereocenters. The van der Waals surface area contributed by atoms with Crippen LogP contribution >= 0.6 is 0 Å². The number of piperidine rings is 2. The maximum absolute atomic E-state index is 12.7. The maximum atomic E-state index is 12.7. The summed E-state index contributed by atoms with van der Waals surface area (Å²) in [6.07, 6.45) is 3.69. The molecule has 0 aliphatic carbocycles. The van der Waals surface area contributed by atoms with Crippen molar-refractivity contribution in [1.82, 2.24) is 10.2 Å². The van der Waals surface area contributed by atoms with Crippen LogP contribution in [0.4, 0.5) is 0 Å². The summed E-state index contributed by atoms with van der Waals surface area (Å²) in [5.74, 6) is -0.108. The Morgan fingerprint density at radius 1 is 1.40 bits per heavy atom.